The minimum atomic E-state index is -0.418. The maximum Gasteiger partial charge on any atom is 0.289 e. The number of hydrogen-bond acceptors (Lipinski definition) is 7. The van der Waals surface area contributed by atoms with Crippen LogP contribution in [0.4, 0.5) is 10.6 Å². The Kier molecular flexibility index (Phi) is 8.08. The number of nitrogens with zero attached hydrogens (tertiary/aromatic N) is 4. The van der Waals surface area contributed by atoms with Crippen molar-refractivity contribution in [3.63, 3.8) is 0 Å². The second-order valence-corrected chi connectivity index (χ2v) is 9.90. The third kappa shape index (κ3) is 4.62. The molecule has 2 N–H and O–H groups in total. The molecule has 176 valence electrons. The van der Waals surface area contributed by atoms with Gasteiger partial charge in [-0.3, -0.25) is 19.4 Å². The lowest BCUT2D eigenvalue weighted by Gasteiger charge is -2.34. The van der Waals surface area contributed by atoms with Crippen molar-refractivity contribution in [1.29, 1.82) is 0 Å². The van der Waals surface area contributed by atoms with Crippen molar-refractivity contribution in [2.45, 2.75) is 43.3 Å². The molecule has 2 aliphatic heterocycles. The molecule has 3 heterocycles. The molecular weight excluding hydrogens is 452 g/mol. The highest BCUT2D eigenvalue weighted by Crippen LogP contribution is 2.48. The van der Waals surface area contributed by atoms with E-state index in [9.17, 15) is 9.59 Å². The zero-order valence-corrected chi connectivity index (χ0v) is 19.8. The standard InChI is InChI=1S/C22H28N4O3S.ClH.H2O/c27-20-22(9-3-4-10-22)30-21(28)26(20)12-6-5-11-24-13-15-25(16-14-24)19-17-7-1-2-8-18(17)29-23-19;;/h1-2,7-8H,3-6,9-16H2;1H;1H2. The summed E-state index contributed by atoms with van der Waals surface area (Å²) in [6.45, 7) is 5.40. The van der Waals surface area contributed by atoms with Gasteiger partial charge in [0.05, 0.1) is 5.39 Å². The van der Waals surface area contributed by atoms with Crippen LogP contribution in [0.2, 0.25) is 0 Å². The number of carbonyl (C=O) groups excluding carboxylic acids is 2. The summed E-state index contributed by atoms with van der Waals surface area (Å²) < 4.78 is 5.02. The largest absolute Gasteiger partial charge is 0.412 e. The van der Waals surface area contributed by atoms with Crippen LogP contribution in [0.15, 0.2) is 28.8 Å². The van der Waals surface area contributed by atoms with Gasteiger partial charge in [0, 0.05) is 32.7 Å². The maximum absolute atomic E-state index is 12.7. The summed E-state index contributed by atoms with van der Waals surface area (Å²) in [7, 11) is 0. The first-order chi connectivity index (χ1) is 14.7. The number of benzene rings is 1. The van der Waals surface area contributed by atoms with Crippen LogP contribution < -0.4 is 4.90 Å². The molecule has 2 saturated heterocycles. The number of carbonyl (C=O) groups is 2. The number of halogens is 1. The molecule has 3 fully saturated rings. The summed E-state index contributed by atoms with van der Waals surface area (Å²) in [5.74, 6) is 1.01. The molecule has 1 spiro atoms. The molecule has 10 heteroatoms. The zero-order valence-electron chi connectivity index (χ0n) is 18.1. The lowest BCUT2D eigenvalue weighted by Crippen LogP contribution is -2.47. The van der Waals surface area contributed by atoms with Crippen molar-refractivity contribution in [2.75, 3.05) is 44.2 Å². The third-order valence-corrected chi connectivity index (χ3v) is 8.05. The molecular formula is C22H31ClN4O4S. The quantitative estimate of drug-likeness (QED) is 0.582. The fourth-order valence-electron chi connectivity index (χ4n) is 4.94. The van der Waals surface area contributed by atoms with Gasteiger partial charge in [0.15, 0.2) is 11.4 Å². The SMILES string of the molecule is Cl.O.O=C1SC2(CCCC2)C(=O)N1CCCCN1CCN(c2noc3ccccc23)CC1. The summed E-state index contributed by atoms with van der Waals surface area (Å²) in [5, 5.41) is 5.31. The molecule has 1 aromatic heterocycles. The smallest absolute Gasteiger partial charge is 0.289 e. The molecule has 0 radical (unpaired) electrons. The van der Waals surface area contributed by atoms with E-state index in [1.165, 1.54) is 16.7 Å². The van der Waals surface area contributed by atoms with Gasteiger partial charge in [-0.1, -0.05) is 30.1 Å². The van der Waals surface area contributed by atoms with Gasteiger partial charge in [0.1, 0.15) is 4.75 Å². The van der Waals surface area contributed by atoms with Crippen molar-refractivity contribution in [3.8, 4) is 0 Å². The van der Waals surface area contributed by atoms with Gasteiger partial charge >= 0.3 is 0 Å². The van der Waals surface area contributed by atoms with Crippen LogP contribution in [-0.2, 0) is 4.79 Å². The van der Waals surface area contributed by atoms with Crippen molar-refractivity contribution in [2.24, 2.45) is 0 Å². The number of aromatic nitrogens is 1. The highest BCUT2D eigenvalue weighted by molar-refractivity contribution is 8.16. The van der Waals surface area contributed by atoms with Gasteiger partial charge in [0.2, 0.25) is 5.91 Å². The number of amides is 2. The summed E-state index contributed by atoms with van der Waals surface area (Å²) in [4.78, 5) is 31.3. The van der Waals surface area contributed by atoms with Crippen molar-refractivity contribution < 1.29 is 19.6 Å². The lowest BCUT2D eigenvalue weighted by molar-refractivity contribution is -0.129. The monoisotopic (exact) mass is 482 g/mol. The summed E-state index contributed by atoms with van der Waals surface area (Å²) in [5.41, 5.74) is 0.832. The van der Waals surface area contributed by atoms with Gasteiger partial charge in [-0.2, -0.15) is 0 Å². The Morgan fingerprint density at radius 3 is 2.44 bits per heavy atom. The number of unbranched alkanes of at least 4 members (excludes halogenated alkanes) is 1. The van der Waals surface area contributed by atoms with E-state index in [1.54, 1.807) is 0 Å². The van der Waals surface area contributed by atoms with Gasteiger partial charge in [0.25, 0.3) is 5.24 Å². The third-order valence-electron chi connectivity index (χ3n) is 6.69. The molecule has 0 atom stereocenters. The summed E-state index contributed by atoms with van der Waals surface area (Å²) in [6.07, 6.45) is 5.74. The van der Waals surface area contributed by atoms with Crippen LogP contribution in [0.25, 0.3) is 11.0 Å². The molecule has 2 aromatic rings. The Labute approximate surface area is 198 Å². The van der Waals surface area contributed by atoms with Crippen molar-refractivity contribution >= 4 is 52.1 Å². The molecule has 1 saturated carbocycles. The predicted molar refractivity (Wildman–Crippen MR) is 129 cm³/mol. The number of thioether (sulfide) groups is 1. The predicted octanol–water partition coefficient (Wildman–Crippen LogP) is 3.34. The first-order valence-corrected chi connectivity index (χ1v) is 11.8. The second kappa shape index (κ2) is 10.4. The number of rotatable bonds is 6. The molecule has 0 bridgehead atoms. The Hall–Kier alpha value is -1.81. The number of anilines is 1. The van der Waals surface area contributed by atoms with Crippen LogP contribution >= 0.6 is 24.2 Å². The van der Waals surface area contributed by atoms with E-state index in [0.717, 1.165) is 88.0 Å². The number of imide groups is 1. The number of para-hydroxylation sites is 1. The van der Waals surface area contributed by atoms with Crippen LogP contribution in [-0.4, -0.2) is 75.6 Å². The van der Waals surface area contributed by atoms with Crippen LogP contribution in [0.1, 0.15) is 38.5 Å². The van der Waals surface area contributed by atoms with E-state index in [0.29, 0.717) is 6.54 Å². The van der Waals surface area contributed by atoms with Gasteiger partial charge in [-0.05, 0) is 56.1 Å². The van der Waals surface area contributed by atoms with E-state index in [-0.39, 0.29) is 29.0 Å². The molecule has 5 rings (SSSR count). The average Bonchev–Trinajstić information content (AvgIpc) is 3.46. The normalized spacial score (nSPS) is 20.8. The van der Waals surface area contributed by atoms with E-state index in [2.05, 4.69) is 21.0 Å². The first-order valence-electron chi connectivity index (χ1n) is 11.0. The van der Waals surface area contributed by atoms with Gasteiger partial charge < -0.3 is 14.9 Å². The van der Waals surface area contributed by atoms with Crippen LogP contribution in [0, 0.1) is 0 Å². The van der Waals surface area contributed by atoms with E-state index in [1.807, 2.05) is 18.2 Å². The van der Waals surface area contributed by atoms with Gasteiger partial charge in [-0.25, -0.2) is 0 Å². The molecule has 3 aliphatic rings. The molecule has 1 aliphatic carbocycles. The highest BCUT2D eigenvalue weighted by atomic mass is 35.5. The average molecular weight is 483 g/mol. The Balaban J connectivity index is 0.00000144. The zero-order chi connectivity index (χ0) is 20.6. The van der Waals surface area contributed by atoms with Crippen molar-refractivity contribution in [3.05, 3.63) is 24.3 Å². The molecule has 1 aromatic carbocycles. The lowest BCUT2D eigenvalue weighted by atomic mass is 10.1. The number of fused-ring (bicyclic) bond motifs is 1. The Bertz CT molecular complexity index is 941. The fourth-order valence-corrected chi connectivity index (χ4v) is 6.25. The minimum Gasteiger partial charge on any atom is -0.412 e. The molecule has 8 nitrogen and oxygen atoms in total. The Morgan fingerprint density at radius 2 is 1.69 bits per heavy atom. The molecule has 32 heavy (non-hydrogen) atoms. The molecule has 2 amide bonds. The maximum atomic E-state index is 12.7. The second-order valence-electron chi connectivity index (χ2n) is 8.56. The van der Waals surface area contributed by atoms with E-state index >= 15 is 0 Å². The summed E-state index contributed by atoms with van der Waals surface area (Å²) >= 11 is 1.29. The number of piperazine rings is 1. The minimum absolute atomic E-state index is 0. The highest BCUT2D eigenvalue weighted by Gasteiger charge is 2.53. The first kappa shape index (κ1) is 24.8. The van der Waals surface area contributed by atoms with Gasteiger partial charge in [-0.15, -0.1) is 12.4 Å². The van der Waals surface area contributed by atoms with Crippen LogP contribution in [0.3, 0.4) is 0 Å². The fraction of sp³-hybridized carbons (Fsp3) is 0.591. The number of hydrogen-bond donors (Lipinski definition) is 0. The van der Waals surface area contributed by atoms with E-state index < -0.39 is 4.75 Å². The summed E-state index contributed by atoms with van der Waals surface area (Å²) in [6, 6.07) is 7.99. The molecule has 0 unspecified atom stereocenters. The Morgan fingerprint density at radius 1 is 1.00 bits per heavy atom. The van der Waals surface area contributed by atoms with Crippen molar-refractivity contribution in [1.82, 2.24) is 15.0 Å². The van der Waals surface area contributed by atoms with E-state index in [4.69, 9.17) is 4.52 Å². The topological polar surface area (TPSA) is 101 Å². The van der Waals surface area contributed by atoms with Crippen LogP contribution in [0.5, 0.6) is 0 Å².